The van der Waals surface area contributed by atoms with Gasteiger partial charge in [-0.25, -0.2) is 4.98 Å². The third-order valence-electron chi connectivity index (χ3n) is 2.68. The van der Waals surface area contributed by atoms with Crippen LogP contribution in [0.1, 0.15) is 4.88 Å². The summed E-state index contributed by atoms with van der Waals surface area (Å²) in [6, 6.07) is 7.38. The van der Waals surface area contributed by atoms with Gasteiger partial charge in [-0.05, 0) is 17.5 Å². The fourth-order valence-electron chi connectivity index (χ4n) is 1.55. The molecule has 106 valence electrons. The molecule has 0 fully saturated rings. The molecule has 5 nitrogen and oxygen atoms in total. The van der Waals surface area contributed by atoms with Crippen LogP contribution >= 0.6 is 11.3 Å². The van der Waals surface area contributed by atoms with Crippen molar-refractivity contribution in [1.29, 1.82) is 0 Å². The lowest BCUT2D eigenvalue weighted by Gasteiger charge is -2.16. The first kappa shape index (κ1) is 14.3. The summed E-state index contributed by atoms with van der Waals surface area (Å²) in [5.74, 6) is 0.983. The fourth-order valence-corrected chi connectivity index (χ4v) is 2.31. The van der Waals surface area contributed by atoms with Crippen LogP contribution in [0.25, 0.3) is 0 Å². The minimum atomic E-state index is -0.0748. The van der Waals surface area contributed by atoms with Crippen molar-refractivity contribution in [2.24, 2.45) is 0 Å². The molecule has 2 aromatic heterocycles. The zero-order valence-electron chi connectivity index (χ0n) is 11.4. The summed E-state index contributed by atoms with van der Waals surface area (Å²) in [5, 5.41) is 1.99. The summed E-state index contributed by atoms with van der Waals surface area (Å²) in [6.45, 7) is 0.594. The van der Waals surface area contributed by atoms with E-state index in [2.05, 4.69) is 4.98 Å². The van der Waals surface area contributed by atoms with E-state index in [1.807, 2.05) is 17.5 Å². The Morgan fingerprint density at radius 2 is 2.25 bits per heavy atom. The molecule has 0 spiro atoms. The van der Waals surface area contributed by atoms with Crippen molar-refractivity contribution in [3.8, 4) is 11.6 Å². The van der Waals surface area contributed by atoms with E-state index in [1.165, 1.54) is 6.20 Å². The third kappa shape index (κ3) is 3.96. The van der Waals surface area contributed by atoms with Gasteiger partial charge in [-0.15, -0.1) is 11.3 Å². The number of hydrogen-bond donors (Lipinski definition) is 0. The molecule has 0 bridgehead atoms. The van der Waals surface area contributed by atoms with Crippen LogP contribution in [0.4, 0.5) is 0 Å². The van der Waals surface area contributed by atoms with Gasteiger partial charge in [-0.1, -0.05) is 6.07 Å². The number of thiophene rings is 1. The number of ether oxygens (including phenoxy) is 2. The van der Waals surface area contributed by atoms with Crippen molar-refractivity contribution in [3.05, 3.63) is 40.7 Å². The van der Waals surface area contributed by atoms with Crippen molar-refractivity contribution < 1.29 is 14.3 Å². The van der Waals surface area contributed by atoms with Crippen LogP contribution in [0.3, 0.4) is 0 Å². The van der Waals surface area contributed by atoms with Crippen LogP contribution in [0.15, 0.2) is 35.8 Å². The van der Waals surface area contributed by atoms with Gasteiger partial charge in [0.2, 0.25) is 5.88 Å². The molecule has 0 atom stereocenters. The molecular weight excluding hydrogens is 276 g/mol. The molecule has 0 unspecified atom stereocenters. The molecule has 6 heteroatoms. The average Bonchev–Trinajstić information content (AvgIpc) is 2.98. The Bertz CT molecular complexity index is 540. The highest BCUT2D eigenvalue weighted by Crippen LogP contribution is 2.14. The molecule has 0 radical (unpaired) electrons. The standard InChI is InChI=1S/C14H16N2O3S/c1-16(9-12-4-3-7-20-12)14(17)10-19-11-5-6-13(18-2)15-8-11/h3-8H,9-10H2,1-2H3. The van der Waals surface area contributed by atoms with Crippen molar-refractivity contribution >= 4 is 17.2 Å². The van der Waals surface area contributed by atoms with Gasteiger partial charge >= 0.3 is 0 Å². The maximum Gasteiger partial charge on any atom is 0.260 e. The Morgan fingerprint density at radius 3 is 2.85 bits per heavy atom. The maximum absolute atomic E-state index is 11.9. The molecule has 0 aliphatic rings. The minimum Gasteiger partial charge on any atom is -0.482 e. The number of carbonyl (C=O) groups excluding carboxylic acids is 1. The average molecular weight is 292 g/mol. The number of pyridine rings is 1. The van der Waals surface area contributed by atoms with Gasteiger partial charge in [0.1, 0.15) is 5.75 Å². The summed E-state index contributed by atoms with van der Waals surface area (Å²) in [5.41, 5.74) is 0. The normalized spacial score (nSPS) is 10.1. The lowest BCUT2D eigenvalue weighted by Crippen LogP contribution is -2.30. The van der Waals surface area contributed by atoms with Gasteiger partial charge in [-0.2, -0.15) is 0 Å². The molecular formula is C14H16N2O3S. The third-order valence-corrected chi connectivity index (χ3v) is 3.54. The van der Waals surface area contributed by atoms with E-state index in [0.717, 1.165) is 4.88 Å². The number of hydrogen-bond acceptors (Lipinski definition) is 5. The predicted molar refractivity (Wildman–Crippen MR) is 77.1 cm³/mol. The van der Waals surface area contributed by atoms with E-state index >= 15 is 0 Å². The quantitative estimate of drug-likeness (QED) is 0.819. The zero-order valence-corrected chi connectivity index (χ0v) is 12.2. The van der Waals surface area contributed by atoms with Gasteiger partial charge in [0.25, 0.3) is 5.91 Å². The lowest BCUT2D eigenvalue weighted by atomic mass is 10.4. The van der Waals surface area contributed by atoms with Crippen LogP contribution in [0, 0.1) is 0 Å². The van der Waals surface area contributed by atoms with Gasteiger partial charge in [-0.3, -0.25) is 4.79 Å². The van der Waals surface area contributed by atoms with E-state index in [0.29, 0.717) is 18.2 Å². The van der Waals surface area contributed by atoms with Gasteiger partial charge in [0.05, 0.1) is 19.9 Å². The molecule has 0 aliphatic heterocycles. The summed E-state index contributed by atoms with van der Waals surface area (Å²) < 4.78 is 10.4. The van der Waals surface area contributed by atoms with Crippen LogP contribution in [0.5, 0.6) is 11.6 Å². The van der Waals surface area contributed by atoms with Crippen LogP contribution in [-0.2, 0) is 11.3 Å². The largest absolute Gasteiger partial charge is 0.482 e. The number of rotatable bonds is 6. The van der Waals surface area contributed by atoms with Crippen LogP contribution in [-0.4, -0.2) is 36.6 Å². The van der Waals surface area contributed by atoms with E-state index in [4.69, 9.17) is 9.47 Å². The summed E-state index contributed by atoms with van der Waals surface area (Å²) in [7, 11) is 3.31. The SMILES string of the molecule is COc1ccc(OCC(=O)N(C)Cc2cccs2)cn1. The number of amides is 1. The highest BCUT2D eigenvalue weighted by atomic mass is 32.1. The molecule has 0 saturated carbocycles. The highest BCUT2D eigenvalue weighted by molar-refractivity contribution is 7.09. The maximum atomic E-state index is 11.9. The first-order chi connectivity index (χ1) is 9.69. The van der Waals surface area contributed by atoms with E-state index in [-0.39, 0.29) is 12.5 Å². The number of likely N-dealkylation sites (N-methyl/N-ethyl adjacent to an activating group) is 1. The predicted octanol–water partition coefficient (Wildman–Crippen LogP) is 2.19. The Balaban J connectivity index is 1.81. The minimum absolute atomic E-state index is 0.00408. The fraction of sp³-hybridized carbons (Fsp3) is 0.286. The molecule has 2 heterocycles. The second-order valence-electron chi connectivity index (χ2n) is 4.15. The molecule has 0 saturated heterocycles. The van der Waals surface area contributed by atoms with E-state index in [9.17, 15) is 4.79 Å². The van der Waals surface area contributed by atoms with Crippen molar-refractivity contribution in [2.75, 3.05) is 20.8 Å². The van der Waals surface area contributed by atoms with Crippen molar-refractivity contribution in [2.45, 2.75) is 6.54 Å². The van der Waals surface area contributed by atoms with Crippen LogP contribution < -0.4 is 9.47 Å². The first-order valence-electron chi connectivity index (χ1n) is 6.08. The lowest BCUT2D eigenvalue weighted by molar-refractivity contribution is -0.132. The van der Waals surface area contributed by atoms with Crippen LogP contribution in [0.2, 0.25) is 0 Å². The Morgan fingerprint density at radius 1 is 1.40 bits per heavy atom. The topological polar surface area (TPSA) is 51.7 Å². The number of nitrogens with zero attached hydrogens (tertiary/aromatic N) is 2. The van der Waals surface area contributed by atoms with Gasteiger partial charge in [0, 0.05) is 18.0 Å². The Hall–Kier alpha value is -2.08. The monoisotopic (exact) mass is 292 g/mol. The van der Waals surface area contributed by atoms with Gasteiger partial charge in [0.15, 0.2) is 6.61 Å². The highest BCUT2D eigenvalue weighted by Gasteiger charge is 2.10. The van der Waals surface area contributed by atoms with Crippen molar-refractivity contribution in [3.63, 3.8) is 0 Å². The summed E-state index contributed by atoms with van der Waals surface area (Å²) in [4.78, 5) is 18.7. The molecule has 20 heavy (non-hydrogen) atoms. The summed E-state index contributed by atoms with van der Waals surface area (Å²) in [6.07, 6.45) is 1.53. The number of methoxy groups -OCH3 is 1. The Labute approximate surface area is 121 Å². The molecule has 1 amide bonds. The molecule has 0 N–H and O–H groups in total. The smallest absolute Gasteiger partial charge is 0.260 e. The Kier molecular flexibility index (Phi) is 4.95. The second kappa shape index (κ2) is 6.91. The molecule has 0 aromatic carbocycles. The van der Waals surface area contributed by atoms with E-state index in [1.54, 1.807) is 42.5 Å². The van der Waals surface area contributed by atoms with Gasteiger partial charge < -0.3 is 14.4 Å². The second-order valence-corrected chi connectivity index (χ2v) is 5.19. The molecule has 2 aromatic rings. The zero-order chi connectivity index (χ0) is 14.4. The van der Waals surface area contributed by atoms with E-state index < -0.39 is 0 Å². The number of carbonyl (C=O) groups is 1. The summed E-state index contributed by atoms with van der Waals surface area (Å²) >= 11 is 1.63. The number of aromatic nitrogens is 1. The first-order valence-corrected chi connectivity index (χ1v) is 6.96. The molecule has 0 aliphatic carbocycles. The molecule has 2 rings (SSSR count). The van der Waals surface area contributed by atoms with Crippen molar-refractivity contribution in [1.82, 2.24) is 9.88 Å².